The Morgan fingerprint density at radius 3 is 2.64 bits per heavy atom. The van der Waals surface area contributed by atoms with E-state index in [1.165, 1.54) is 32.4 Å². The molecule has 0 unspecified atom stereocenters. The SMILES string of the molecule is CNC(=O)COc1cc(Nc2ncc(F)c(Nc3ccc4c(c3)NC(=O)C(F)(F)O4)n2)ccc1OC. The van der Waals surface area contributed by atoms with Gasteiger partial charge in [0.25, 0.3) is 5.91 Å². The van der Waals surface area contributed by atoms with E-state index in [1.54, 1.807) is 18.2 Å². The number of nitrogens with one attached hydrogen (secondary N) is 4. The van der Waals surface area contributed by atoms with Crippen molar-refractivity contribution in [2.45, 2.75) is 6.11 Å². The molecule has 0 saturated carbocycles. The fourth-order valence-corrected chi connectivity index (χ4v) is 3.04. The van der Waals surface area contributed by atoms with Crippen LogP contribution in [-0.4, -0.2) is 48.7 Å². The number of carbonyl (C=O) groups is 2. The number of amides is 2. The van der Waals surface area contributed by atoms with Crippen molar-refractivity contribution < 1.29 is 37.0 Å². The molecule has 0 fully saturated rings. The summed E-state index contributed by atoms with van der Waals surface area (Å²) in [5.41, 5.74) is 0.668. The van der Waals surface area contributed by atoms with Gasteiger partial charge in [0, 0.05) is 24.5 Å². The maximum absolute atomic E-state index is 14.4. The second-order valence-corrected chi connectivity index (χ2v) is 7.25. The minimum absolute atomic E-state index is 0.00977. The van der Waals surface area contributed by atoms with E-state index in [9.17, 15) is 22.8 Å². The summed E-state index contributed by atoms with van der Waals surface area (Å²) in [6, 6.07) is 8.60. The van der Waals surface area contributed by atoms with Gasteiger partial charge in [-0.3, -0.25) is 9.59 Å². The number of carbonyl (C=O) groups excluding carboxylic acids is 2. The lowest BCUT2D eigenvalue weighted by atomic mass is 10.2. The second kappa shape index (κ2) is 9.85. The number of ether oxygens (including phenoxy) is 3. The quantitative estimate of drug-likeness (QED) is 0.365. The molecule has 2 heterocycles. The Morgan fingerprint density at radius 1 is 1.14 bits per heavy atom. The van der Waals surface area contributed by atoms with Crippen LogP contribution < -0.4 is 35.5 Å². The molecule has 2 aromatic carbocycles. The van der Waals surface area contributed by atoms with Gasteiger partial charge in [-0.1, -0.05) is 0 Å². The molecule has 14 heteroatoms. The summed E-state index contributed by atoms with van der Waals surface area (Å²) in [6.45, 7) is -0.235. The molecule has 1 aliphatic rings. The van der Waals surface area contributed by atoms with Crippen molar-refractivity contribution in [3.8, 4) is 17.2 Å². The number of hydrogen-bond donors (Lipinski definition) is 4. The molecule has 0 atom stereocenters. The number of anilines is 5. The fourth-order valence-electron chi connectivity index (χ4n) is 3.04. The molecule has 0 aliphatic carbocycles. The number of hydrogen-bond acceptors (Lipinski definition) is 9. The summed E-state index contributed by atoms with van der Waals surface area (Å²) in [5, 5.41) is 10.1. The van der Waals surface area contributed by atoms with Gasteiger partial charge < -0.3 is 35.5 Å². The highest BCUT2D eigenvalue weighted by Gasteiger charge is 2.46. The maximum Gasteiger partial charge on any atom is 0.482 e. The first-order chi connectivity index (χ1) is 17.2. The van der Waals surface area contributed by atoms with Crippen LogP contribution in [0.3, 0.4) is 0 Å². The van der Waals surface area contributed by atoms with Crippen LogP contribution in [0.25, 0.3) is 0 Å². The van der Waals surface area contributed by atoms with Crippen molar-refractivity contribution >= 4 is 40.6 Å². The minimum Gasteiger partial charge on any atom is -0.493 e. The molecule has 0 radical (unpaired) electrons. The van der Waals surface area contributed by atoms with Crippen molar-refractivity contribution in [1.82, 2.24) is 15.3 Å². The van der Waals surface area contributed by atoms with Gasteiger partial charge in [0.2, 0.25) is 5.95 Å². The molecule has 0 saturated heterocycles. The molecule has 1 aromatic heterocycles. The predicted molar refractivity (Wildman–Crippen MR) is 122 cm³/mol. The van der Waals surface area contributed by atoms with Crippen LogP contribution in [0.4, 0.5) is 42.0 Å². The number of rotatable bonds is 8. The van der Waals surface area contributed by atoms with Crippen LogP contribution in [0.1, 0.15) is 0 Å². The zero-order chi connectivity index (χ0) is 25.9. The molecule has 4 rings (SSSR count). The average molecular weight is 504 g/mol. The van der Waals surface area contributed by atoms with E-state index in [0.717, 1.165) is 6.20 Å². The van der Waals surface area contributed by atoms with E-state index in [2.05, 4.69) is 30.7 Å². The van der Waals surface area contributed by atoms with Gasteiger partial charge in [0.05, 0.1) is 19.0 Å². The van der Waals surface area contributed by atoms with Crippen LogP contribution in [0.5, 0.6) is 17.2 Å². The molecule has 36 heavy (non-hydrogen) atoms. The first kappa shape index (κ1) is 24.4. The van der Waals surface area contributed by atoms with Gasteiger partial charge in [-0.15, -0.1) is 0 Å². The summed E-state index contributed by atoms with van der Waals surface area (Å²) in [4.78, 5) is 30.9. The third-order valence-electron chi connectivity index (χ3n) is 4.79. The highest BCUT2D eigenvalue weighted by molar-refractivity contribution is 5.99. The van der Waals surface area contributed by atoms with Crippen LogP contribution in [0.15, 0.2) is 42.6 Å². The standard InChI is InChI=1S/C22H19F3N6O5/c1-26-18(32)10-35-17-8-12(4-6-16(17)34-2)29-21-27-9-13(23)19(31-21)28-11-3-5-15-14(7-11)30-20(33)22(24,25)36-15/h3-9H,10H2,1-2H3,(H,26,32)(H,30,33)(H2,27,28,29,31). The van der Waals surface area contributed by atoms with Gasteiger partial charge in [-0.2, -0.15) is 13.8 Å². The Hall–Kier alpha value is -4.75. The summed E-state index contributed by atoms with van der Waals surface area (Å²) in [6.07, 6.45) is -3.07. The zero-order valence-corrected chi connectivity index (χ0v) is 18.8. The Bertz CT molecular complexity index is 1320. The molecular weight excluding hydrogens is 485 g/mol. The van der Waals surface area contributed by atoms with E-state index in [0.29, 0.717) is 11.4 Å². The van der Waals surface area contributed by atoms with Crippen LogP contribution in [-0.2, 0) is 9.59 Å². The van der Waals surface area contributed by atoms with Gasteiger partial charge in [0.1, 0.15) is 0 Å². The Labute approximate surface area is 202 Å². The van der Waals surface area contributed by atoms with Crippen LogP contribution in [0, 0.1) is 5.82 Å². The van der Waals surface area contributed by atoms with Crippen LogP contribution >= 0.6 is 0 Å². The number of likely N-dealkylation sites (N-methyl/N-ethyl adjacent to an activating group) is 1. The molecule has 0 bridgehead atoms. The molecule has 11 nitrogen and oxygen atoms in total. The third kappa shape index (κ3) is 5.32. The van der Waals surface area contributed by atoms with Gasteiger partial charge in [0.15, 0.2) is 35.5 Å². The van der Waals surface area contributed by atoms with Crippen molar-refractivity contribution in [2.75, 3.05) is 36.7 Å². The topological polar surface area (TPSA) is 136 Å². The lowest BCUT2D eigenvalue weighted by Gasteiger charge is -2.25. The van der Waals surface area contributed by atoms with E-state index in [-0.39, 0.29) is 47.2 Å². The Kier molecular flexibility index (Phi) is 6.67. The monoisotopic (exact) mass is 504 g/mol. The van der Waals surface area contributed by atoms with Gasteiger partial charge in [-0.05, 0) is 30.3 Å². The van der Waals surface area contributed by atoms with Crippen molar-refractivity contribution in [3.63, 3.8) is 0 Å². The van der Waals surface area contributed by atoms with Gasteiger partial charge >= 0.3 is 12.0 Å². The molecule has 4 N–H and O–H groups in total. The number of benzene rings is 2. The molecule has 1 aliphatic heterocycles. The fraction of sp³-hybridized carbons (Fsp3) is 0.182. The Morgan fingerprint density at radius 2 is 1.89 bits per heavy atom. The highest BCUT2D eigenvalue weighted by Crippen LogP contribution is 2.37. The highest BCUT2D eigenvalue weighted by atomic mass is 19.3. The number of nitrogens with zero attached hydrogens (tertiary/aromatic N) is 2. The molecule has 2 amide bonds. The second-order valence-electron chi connectivity index (χ2n) is 7.25. The summed E-state index contributed by atoms with van der Waals surface area (Å²) < 4.78 is 56.3. The minimum atomic E-state index is -3.99. The average Bonchev–Trinajstić information content (AvgIpc) is 2.85. The summed E-state index contributed by atoms with van der Waals surface area (Å²) in [7, 11) is 2.92. The van der Waals surface area contributed by atoms with Crippen molar-refractivity contribution in [2.24, 2.45) is 0 Å². The molecule has 3 aromatic rings. The van der Waals surface area contributed by atoms with E-state index < -0.39 is 17.8 Å². The molecule has 188 valence electrons. The smallest absolute Gasteiger partial charge is 0.482 e. The molecule has 0 spiro atoms. The predicted octanol–water partition coefficient (Wildman–Crippen LogP) is 3.16. The third-order valence-corrected chi connectivity index (χ3v) is 4.79. The first-order valence-electron chi connectivity index (χ1n) is 10.3. The molecular formula is C22H19F3N6O5. The van der Waals surface area contributed by atoms with Crippen molar-refractivity contribution in [3.05, 3.63) is 48.4 Å². The summed E-state index contributed by atoms with van der Waals surface area (Å²) in [5.74, 6) is -2.57. The number of aromatic nitrogens is 2. The number of alkyl halides is 2. The number of methoxy groups -OCH3 is 1. The summed E-state index contributed by atoms with van der Waals surface area (Å²) >= 11 is 0. The lowest BCUT2D eigenvalue weighted by Crippen LogP contribution is -2.43. The van der Waals surface area contributed by atoms with Crippen LogP contribution in [0.2, 0.25) is 0 Å². The lowest BCUT2D eigenvalue weighted by molar-refractivity contribution is -0.189. The normalized spacial score (nSPS) is 13.5. The number of fused-ring (bicyclic) bond motifs is 1. The van der Waals surface area contributed by atoms with E-state index in [1.807, 2.05) is 5.32 Å². The Balaban J connectivity index is 1.52. The van der Waals surface area contributed by atoms with Gasteiger partial charge in [-0.25, -0.2) is 9.37 Å². The zero-order valence-electron chi connectivity index (χ0n) is 18.8. The largest absolute Gasteiger partial charge is 0.493 e. The van der Waals surface area contributed by atoms with E-state index in [4.69, 9.17) is 9.47 Å². The maximum atomic E-state index is 14.4. The number of halogens is 3. The van der Waals surface area contributed by atoms with E-state index >= 15 is 0 Å². The van der Waals surface area contributed by atoms with Crippen molar-refractivity contribution in [1.29, 1.82) is 0 Å². The first-order valence-corrected chi connectivity index (χ1v) is 10.3.